The van der Waals surface area contributed by atoms with E-state index in [0.29, 0.717) is 10.3 Å². The molecule has 0 saturated heterocycles. The van der Waals surface area contributed by atoms with Crippen LogP contribution in [0.3, 0.4) is 0 Å². The van der Waals surface area contributed by atoms with E-state index >= 15 is 0 Å². The van der Waals surface area contributed by atoms with Crippen LogP contribution in [0.2, 0.25) is 0 Å². The summed E-state index contributed by atoms with van der Waals surface area (Å²) in [6.45, 7) is 0. The first kappa shape index (κ1) is 10.4. The Labute approximate surface area is 107 Å². The molecule has 4 bridgehead atoms. The number of rotatable bonds is 1. The molecule has 1 aromatic rings. The zero-order valence-electron chi connectivity index (χ0n) is 10.3. The Morgan fingerprint density at radius 1 is 1.18 bits per heavy atom. The van der Waals surface area contributed by atoms with E-state index < -0.39 is 0 Å². The van der Waals surface area contributed by atoms with Crippen LogP contribution in [0.4, 0.5) is 0 Å². The van der Waals surface area contributed by atoms with E-state index in [9.17, 15) is 0 Å². The van der Waals surface area contributed by atoms with E-state index in [2.05, 4.69) is 6.20 Å². The number of oxazole rings is 1. The van der Waals surface area contributed by atoms with Crippen LogP contribution in [0.15, 0.2) is 10.6 Å². The van der Waals surface area contributed by atoms with Crippen LogP contribution in [0.25, 0.3) is 0 Å². The Kier molecular flexibility index (Phi) is 1.98. The Balaban J connectivity index is 1.79. The fraction of sp³-hybridized carbons (Fsp3) is 0.786. The van der Waals surface area contributed by atoms with Crippen molar-refractivity contribution in [3.63, 3.8) is 0 Å². The van der Waals surface area contributed by atoms with Gasteiger partial charge in [0.05, 0.1) is 0 Å². The Hall–Kier alpha value is -0.570. The standard InChI is InChI=1S/C14H19NOS/c1-15-8-12(16-13(15)17)14-5-9-2-10(6-14)4-11(3-9)7-14/h8-11H,2-7H2,1H3. The molecule has 1 heterocycles. The first-order chi connectivity index (χ1) is 8.14. The second kappa shape index (κ2) is 3.25. The average molecular weight is 249 g/mol. The highest BCUT2D eigenvalue weighted by Crippen LogP contribution is 2.60. The molecule has 4 aliphatic rings. The first-order valence-electron chi connectivity index (χ1n) is 6.81. The molecule has 0 aliphatic heterocycles. The molecular weight excluding hydrogens is 230 g/mol. The quantitative estimate of drug-likeness (QED) is 0.704. The number of hydrogen-bond donors (Lipinski definition) is 0. The lowest BCUT2D eigenvalue weighted by molar-refractivity contribution is -0.0153. The molecular formula is C14H19NOS. The van der Waals surface area contributed by atoms with Crippen molar-refractivity contribution >= 4 is 12.2 Å². The zero-order chi connectivity index (χ0) is 11.6. The fourth-order valence-electron chi connectivity index (χ4n) is 5.08. The van der Waals surface area contributed by atoms with Gasteiger partial charge in [0.1, 0.15) is 5.76 Å². The monoisotopic (exact) mass is 249 g/mol. The fourth-order valence-corrected chi connectivity index (χ4v) is 5.22. The van der Waals surface area contributed by atoms with E-state index in [1.165, 1.54) is 44.3 Å². The van der Waals surface area contributed by atoms with Crippen molar-refractivity contribution in [1.82, 2.24) is 4.57 Å². The molecule has 5 rings (SSSR count). The first-order valence-corrected chi connectivity index (χ1v) is 7.22. The summed E-state index contributed by atoms with van der Waals surface area (Å²) in [6.07, 6.45) is 10.6. The zero-order valence-corrected chi connectivity index (χ0v) is 11.1. The minimum absolute atomic E-state index is 0.351. The third-order valence-corrected chi connectivity index (χ3v) is 5.73. The summed E-state index contributed by atoms with van der Waals surface area (Å²) < 4.78 is 7.84. The summed E-state index contributed by atoms with van der Waals surface area (Å²) in [4.78, 5) is 0.635. The maximum Gasteiger partial charge on any atom is 0.268 e. The van der Waals surface area contributed by atoms with Crippen molar-refractivity contribution < 1.29 is 4.42 Å². The molecule has 1 aromatic heterocycles. The summed E-state index contributed by atoms with van der Waals surface area (Å²) in [5.41, 5.74) is 0.351. The smallest absolute Gasteiger partial charge is 0.268 e. The molecule has 0 atom stereocenters. The topological polar surface area (TPSA) is 18.1 Å². The molecule has 0 N–H and O–H groups in total. The number of aryl methyl sites for hydroxylation is 1. The van der Waals surface area contributed by atoms with Crippen LogP contribution in [0.5, 0.6) is 0 Å². The van der Waals surface area contributed by atoms with Crippen molar-refractivity contribution in [1.29, 1.82) is 0 Å². The maximum absolute atomic E-state index is 5.88. The van der Waals surface area contributed by atoms with Crippen molar-refractivity contribution in [2.75, 3.05) is 0 Å². The summed E-state index contributed by atoms with van der Waals surface area (Å²) in [5, 5.41) is 0. The summed E-state index contributed by atoms with van der Waals surface area (Å²) in [5.74, 6) is 4.07. The highest BCUT2D eigenvalue weighted by atomic mass is 32.1. The minimum Gasteiger partial charge on any atom is -0.434 e. The molecule has 0 unspecified atom stereocenters. The van der Waals surface area contributed by atoms with Crippen LogP contribution in [-0.4, -0.2) is 4.57 Å². The third kappa shape index (κ3) is 1.41. The van der Waals surface area contributed by atoms with E-state index in [4.69, 9.17) is 16.6 Å². The maximum atomic E-state index is 5.88. The Morgan fingerprint density at radius 2 is 1.71 bits per heavy atom. The van der Waals surface area contributed by atoms with E-state index in [1.54, 1.807) is 0 Å². The van der Waals surface area contributed by atoms with Gasteiger partial charge in [-0.2, -0.15) is 0 Å². The summed E-state index contributed by atoms with van der Waals surface area (Å²) >= 11 is 5.23. The van der Waals surface area contributed by atoms with Gasteiger partial charge in [0, 0.05) is 18.7 Å². The number of nitrogens with zero attached hydrogens (tertiary/aromatic N) is 1. The van der Waals surface area contributed by atoms with Gasteiger partial charge in [-0.15, -0.1) is 0 Å². The summed E-state index contributed by atoms with van der Waals surface area (Å²) in [6, 6.07) is 0. The van der Waals surface area contributed by atoms with Crippen LogP contribution >= 0.6 is 12.2 Å². The van der Waals surface area contributed by atoms with Crippen LogP contribution in [-0.2, 0) is 12.5 Å². The van der Waals surface area contributed by atoms with Gasteiger partial charge in [0.15, 0.2) is 0 Å². The average Bonchev–Trinajstić information content (AvgIpc) is 2.58. The van der Waals surface area contributed by atoms with Crippen LogP contribution < -0.4 is 0 Å². The molecule has 17 heavy (non-hydrogen) atoms. The highest BCUT2D eigenvalue weighted by molar-refractivity contribution is 7.71. The van der Waals surface area contributed by atoms with E-state index in [0.717, 1.165) is 17.8 Å². The molecule has 4 aliphatic carbocycles. The van der Waals surface area contributed by atoms with Crippen LogP contribution in [0, 0.1) is 22.6 Å². The van der Waals surface area contributed by atoms with Gasteiger partial charge in [-0.25, -0.2) is 0 Å². The Bertz CT molecular complexity index is 477. The van der Waals surface area contributed by atoms with Gasteiger partial charge in [-0.05, 0) is 68.5 Å². The van der Waals surface area contributed by atoms with E-state index in [1.807, 2.05) is 11.6 Å². The second-order valence-electron chi connectivity index (χ2n) is 6.67. The van der Waals surface area contributed by atoms with Gasteiger partial charge in [-0.1, -0.05) is 0 Å². The molecule has 3 heteroatoms. The molecule has 0 radical (unpaired) electrons. The van der Waals surface area contributed by atoms with Gasteiger partial charge in [-0.3, -0.25) is 0 Å². The minimum atomic E-state index is 0.351. The van der Waals surface area contributed by atoms with Crippen molar-refractivity contribution in [2.45, 2.75) is 43.9 Å². The molecule has 4 fully saturated rings. The predicted molar refractivity (Wildman–Crippen MR) is 68.4 cm³/mol. The molecule has 0 aromatic carbocycles. The van der Waals surface area contributed by atoms with Gasteiger partial charge < -0.3 is 8.98 Å². The predicted octanol–water partition coefficient (Wildman–Crippen LogP) is 3.82. The lowest BCUT2D eigenvalue weighted by atomic mass is 9.49. The summed E-state index contributed by atoms with van der Waals surface area (Å²) in [7, 11) is 2.00. The number of aromatic nitrogens is 1. The third-order valence-electron chi connectivity index (χ3n) is 5.36. The molecule has 4 saturated carbocycles. The lowest BCUT2D eigenvalue weighted by Crippen LogP contribution is -2.48. The molecule has 0 spiro atoms. The SMILES string of the molecule is Cn1cc(C23CC4CC(CC(C4)C2)C3)oc1=S. The normalized spacial score (nSPS) is 43.2. The van der Waals surface area contributed by atoms with Gasteiger partial charge in [0.25, 0.3) is 4.84 Å². The molecule has 92 valence electrons. The van der Waals surface area contributed by atoms with Crippen molar-refractivity contribution in [3.05, 3.63) is 16.8 Å². The largest absolute Gasteiger partial charge is 0.434 e. The lowest BCUT2D eigenvalue weighted by Gasteiger charge is -2.55. The Morgan fingerprint density at radius 3 is 2.12 bits per heavy atom. The van der Waals surface area contributed by atoms with Gasteiger partial charge in [0.2, 0.25) is 0 Å². The van der Waals surface area contributed by atoms with Crippen molar-refractivity contribution in [3.8, 4) is 0 Å². The van der Waals surface area contributed by atoms with Crippen LogP contribution in [0.1, 0.15) is 44.3 Å². The van der Waals surface area contributed by atoms with Gasteiger partial charge >= 0.3 is 0 Å². The van der Waals surface area contributed by atoms with E-state index in [-0.39, 0.29) is 0 Å². The second-order valence-corrected chi connectivity index (χ2v) is 7.02. The molecule has 0 amide bonds. The van der Waals surface area contributed by atoms with Crippen molar-refractivity contribution in [2.24, 2.45) is 24.8 Å². The highest BCUT2D eigenvalue weighted by Gasteiger charge is 2.53. The number of hydrogen-bond acceptors (Lipinski definition) is 2. The molecule has 2 nitrogen and oxygen atoms in total.